The zero-order chi connectivity index (χ0) is 16.0. The summed E-state index contributed by atoms with van der Waals surface area (Å²) in [5.41, 5.74) is 2.83. The van der Waals surface area contributed by atoms with Crippen molar-refractivity contribution in [3.8, 4) is 0 Å². The lowest BCUT2D eigenvalue weighted by Crippen LogP contribution is -2.36. The zero-order valence-electron chi connectivity index (χ0n) is 12.8. The number of benzene rings is 1. The first kappa shape index (κ1) is 17.5. The number of nitro groups is 1. The van der Waals surface area contributed by atoms with Crippen molar-refractivity contribution in [2.45, 2.75) is 25.2 Å². The van der Waals surface area contributed by atoms with Crippen LogP contribution in [0.5, 0.6) is 0 Å². The zero-order valence-corrected chi connectivity index (χ0v) is 13.6. The van der Waals surface area contributed by atoms with Crippen LogP contribution in [0.2, 0.25) is 0 Å². The highest BCUT2D eigenvalue weighted by atomic mass is 32.2. The first-order chi connectivity index (χ1) is 9.81. The molecule has 7 heteroatoms. The fraction of sp³-hybridized carbons (Fsp3) is 0.500. The predicted octanol–water partition coefficient (Wildman–Crippen LogP) is 2.94. The number of nitrogens with zero attached hydrogens (tertiary/aromatic N) is 2. The number of nitrogens with one attached hydrogen (secondary N) is 1. The Kier molecular flexibility index (Phi) is 6.64. The molecule has 6 nitrogen and oxygen atoms in total. The highest BCUT2D eigenvalue weighted by molar-refractivity contribution is 7.99. The minimum atomic E-state index is -0.440. The van der Waals surface area contributed by atoms with E-state index in [0.717, 1.165) is 12.2 Å². The average molecular weight is 311 g/mol. The molecule has 1 amide bonds. The highest BCUT2D eigenvalue weighted by Crippen LogP contribution is 2.31. The van der Waals surface area contributed by atoms with Crippen LogP contribution in [0.1, 0.15) is 30.6 Å². The molecule has 0 aromatic heterocycles. The third kappa shape index (κ3) is 5.73. The van der Waals surface area contributed by atoms with Gasteiger partial charge in [-0.1, -0.05) is 13.8 Å². The molecule has 0 aliphatic carbocycles. The molecule has 0 unspecified atom stereocenters. The van der Waals surface area contributed by atoms with Gasteiger partial charge in [-0.3, -0.25) is 20.3 Å². The van der Waals surface area contributed by atoms with Gasteiger partial charge in [0.1, 0.15) is 0 Å². The van der Waals surface area contributed by atoms with Crippen LogP contribution < -0.4 is 5.43 Å². The van der Waals surface area contributed by atoms with Crippen molar-refractivity contribution < 1.29 is 9.72 Å². The molecule has 0 saturated heterocycles. The maximum atomic E-state index is 11.9. The molecule has 0 heterocycles. The third-order valence-corrected chi connectivity index (χ3v) is 3.79. The number of nitro benzene ring substituents is 1. The molecule has 0 radical (unpaired) electrons. The second-order valence-electron chi connectivity index (χ2n) is 5.31. The van der Waals surface area contributed by atoms with Gasteiger partial charge in [-0.05, 0) is 30.2 Å². The van der Waals surface area contributed by atoms with Gasteiger partial charge in [0.2, 0.25) is 0 Å². The standard InChI is InChI=1S/C14H21N3O3S/c1-10(2)7-8-21-13-6-5-11(9-12(13)17(19)20)14(18)15-16(3)4/h5-6,9-10H,7-8H2,1-4H3,(H,15,18). The Hall–Kier alpha value is -1.60. The van der Waals surface area contributed by atoms with E-state index in [1.165, 1.54) is 22.8 Å². The van der Waals surface area contributed by atoms with E-state index >= 15 is 0 Å². The molecule has 0 atom stereocenters. The quantitative estimate of drug-likeness (QED) is 0.476. The second kappa shape index (κ2) is 7.99. The number of carbonyl (C=O) groups excluding carboxylic acids is 1. The largest absolute Gasteiger partial charge is 0.285 e. The molecule has 1 aromatic rings. The summed E-state index contributed by atoms with van der Waals surface area (Å²) in [6, 6.07) is 4.59. The lowest BCUT2D eigenvalue weighted by Gasteiger charge is -2.12. The lowest BCUT2D eigenvalue weighted by molar-refractivity contribution is -0.387. The fourth-order valence-corrected chi connectivity index (χ4v) is 2.85. The normalized spacial score (nSPS) is 11.0. The van der Waals surface area contributed by atoms with Crippen molar-refractivity contribution >= 4 is 23.4 Å². The Morgan fingerprint density at radius 3 is 2.62 bits per heavy atom. The first-order valence-corrected chi connectivity index (χ1v) is 7.69. The Morgan fingerprint density at radius 2 is 2.10 bits per heavy atom. The van der Waals surface area contributed by atoms with Crippen LogP contribution in [-0.2, 0) is 0 Å². The minimum absolute atomic E-state index is 0.0184. The summed E-state index contributed by atoms with van der Waals surface area (Å²) in [4.78, 5) is 23.2. The van der Waals surface area contributed by atoms with Gasteiger partial charge in [0.25, 0.3) is 11.6 Å². The van der Waals surface area contributed by atoms with E-state index in [0.29, 0.717) is 10.8 Å². The van der Waals surface area contributed by atoms with Crippen molar-refractivity contribution in [3.63, 3.8) is 0 Å². The Morgan fingerprint density at radius 1 is 1.43 bits per heavy atom. The van der Waals surface area contributed by atoms with E-state index in [-0.39, 0.29) is 17.2 Å². The average Bonchev–Trinajstić information content (AvgIpc) is 2.37. The first-order valence-electron chi connectivity index (χ1n) is 6.70. The maximum absolute atomic E-state index is 11.9. The smallest absolute Gasteiger partial charge is 0.283 e. The monoisotopic (exact) mass is 311 g/mol. The Labute approximate surface area is 129 Å². The number of carbonyl (C=O) groups is 1. The van der Waals surface area contributed by atoms with Crippen LogP contribution in [0.3, 0.4) is 0 Å². The molecule has 0 bridgehead atoms. The molecule has 21 heavy (non-hydrogen) atoms. The molecule has 116 valence electrons. The second-order valence-corrected chi connectivity index (χ2v) is 6.44. The third-order valence-electron chi connectivity index (χ3n) is 2.70. The lowest BCUT2D eigenvalue weighted by atomic mass is 10.2. The topological polar surface area (TPSA) is 75.5 Å². The van der Waals surface area contributed by atoms with Crippen LogP contribution in [0, 0.1) is 16.0 Å². The van der Waals surface area contributed by atoms with E-state index < -0.39 is 4.92 Å². The maximum Gasteiger partial charge on any atom is 0.283 e. The van der Waals surface area contributed by atoms with Crippen molar-refractivity contribution in [1.82, 2.24) is 10.4 Å². The van der Waals surface area contributed by atoms with Crippen LogP contribution >= 0.6 is 11.8 Å². The van der Waals surface area contributed by atoms with Crippen LogP contribution in [0.15, 0.2) is 23.1 Å². The predicted molar refractivity (Wildman–Crippen MR) is 84.4 cm³/mol. The highest BCUT2D eigenvalue weighted by Gasteiger charge is 2.18. The van der Waals surface area contributed by atoms with E-state index in [1.807, 2.05) is 0 Å². The van der Waals surface area contributed by atoms with Gasteiger partial charge in [0.15, 0.2) is 0 Å². The summed E-state index contributed by atoms with van der Waals surface area (Å²) in [5, 5.41) is 12.7. The minimum Gasteiger partial charge on any atom is -0.285 e. The number of hydrazine groups is 1. The molecule has 1 N–H and O–H groups in total. The van der Waals surface area contributed by atoms with Gasteiger partial charge in [0.05, 0.1) is 9.82 Å². The van der Waals surface area contributed by atoms with Crippen molar-refractivity contribution in [3.05, 3.63) is 33.9 Å². The van der Waals surface area contributed by atoms with E-state index in [1.54, 1.807) is 26.2 Å². The summed E-state index contributed by atoms with van der Waals surface area (Å²) >= 11 is 1.45. The van der Waals surface area contributed by atoms with Crippen molar-refractivity contribution in [1.29, 1.82) is 0 Å². The van der Waals surface area contributed by atoms with E-state index in [4.69, 9.17) is 0 Å². The molecule has 1 rings (SSSR count). The summed E-state index contributed by atoms with van der Waals surface area (Å²) in [7, 11) is 3.37. The Balaban J connectivity index is 2.91. The summed E-state index contributed by atoms with van der Waals surface area (Å²) in [5.74, 6) is 1.02. The number of rotatable bonds is 7. The number of hydrogen-bond donors (Lipinski definition) is 1. The van der Waals surface area contributed by atoms with E-state index in [2.05, 4.69) is 19.3 Å². The summed E-state index contributed by atoms with van der Waals surface area (Å²) < 4.78 is 0. The molecule has 0 spiro atoms. The molecule has 0 aliphatic heterocycles. The van der Waals surface area contributed by atoms with Crippen LogP contribution in [-0.4, -0.2) is 35.7 Å². The molecule has 0 fully saturated rings. The van der Waals surface area contributed by atoms with Gasteiger partial charge in [0, 0.05) is 25.7 Å². The molecular weight excluding hydrogens is 290 g/mol. The van der Waals surface area contributed by atoms with Gasteiger partial charge in [-0.2, -0.15) is 0 Å². The molecule has 0 saturated carbocycles. The van der Waals surface area contributed by atoms with Gasteiger partial charge < -0.3 is 0 Å². The van der Waals surface area contributed by atoms with E-state index in [9.17, 15) is 14.9 Å². The Bertz CT molecular complexity index is 518. The van der Waals surface area contributed by atoms with Crippen LogP contribution in [0.25, 0.3) is 0 Å². The molecule has 0 aliphatic rings. The number of amides is 1. The molecular formula is C14H21N3O3S. The van der Waals surface area contributed by atoms with Gasteiger partial charge in [-0.25, -0.2) is 5.01 Å². The summed E-state index contributed by atoms with van der Waals surface area (Å²) in [6.07, 6.45) is 0.991. The summed E-state index contributed by atoms with van der Waals surface area (Å²) in [6.45, 7) is 4.23. The van der Waals surface area contributed by atoms with Gasteiger partial charge in [-0.15, -0.1) is 11.8 Å². The van der Waals surface area contributed by atoms with Crippen LogP contribution in [0.4, 0.5) is 5.69 Å². The number of thioether (sulfide) groups is 1. The molecule has 1 aromatic carbocycles. The number of hydrogen-bond acceptors (Lipinski definition) is 5. The SMILES string of the molecule is CC(C)CCSc1ccc(C(=O)NN(C)C)cc1[N+](=O)[O-]. The fourth-order valence-electron chi connectivity index (χ4n) is 1.60. The van der Waals surface area contributed by atoms with Gasteiger partial charge >= 0.3 is 0 Å². The van der Waals surface area contributed by atoms with Crippen molar-refractivity contribution in [2.75, 3.05) is 19.8 Å². The van der Waals surface area contributed by atoms with Crippen molar-refractivity contribution in [2.24, 2.45) is 5.92 Å².